The third kappa shape index (κ3) is 4.49. The number of hydrogen-bond acceptors (Lipinski definition) is 3. The van der Waals surface area contributed by atoms with E-state index in [0.29, 0.717) is 6.54 Å². The van der Waals surface area contributed by atoms with Gasteiger partial charge in [0, 0.05) is 56.7 Å². The number of carbonyl (C=O) groups excluding carboxylic acids is 1. The average Bonchev–Trinajstić information content (AvgIpc) is 3.01. The zero-order chi connectivity index (χ0) is 19.2. The Kier molecular flexibility index (Phi) is 5.83. The van der Waals surface area contributed by atoms with Gasteiger partial charge in [-0.2, -0.15) is 0 Å². The average molecular weight is 374 g/mol. The molecule has 0 fully saturated rings. The Morgan fingerprint density at radius 2 is 1.86 bits per heavy atom. The number of amides is 1. The number of aromatic nitrogens is 2. The van der Waals surface area contributed by atoms with Crippen LogP contribution in [0.3, 0.4) is 0 Å². The number of fused-ring (bicyclic) bond motifs is 1. The molecule has 2 aromatic heterocycles. The van der Waals surface area contributed by atoms with E-state index in [1.54, 1.807) is 6.20 Å². The molecule has 144 valence electrons. The lowest BCUT2D eigenvalue weighted by atomic mass is 10.2. The number of benzene rings is 1. The van der Waals surface area contributed by atoms with E-state index in [2.05, 4.69) is 56.2 Å². The smallest absolute Gasteiger partial charge is 0.267 e. The minimum atomic E-state index is -0.00121. The van der Waals surface area contributed by atoms with E-state index in [-0.39, 0.29) is 5.91 Å². The van der Waals surface area contributed by atoms with Gasteiger partial charge in [-0.3, -0.25) is 14.7 Å². The molecular weight excluding hydrogens is 348 g/mol. The molecule has 0 bridgehead atoms. The largest absolute Gasteiger partial charge is 0.350 e. The van der Waals surface area contributed by atoms with Crippen LogP contribution in [0.25, 0.3) is 0 Å². The van der Waals surface area contributed by atoms with Gasteiger partial charge in [-0.25, -0.2) is 0 Å². The van der Waals surface area contributed by atoms with Crippen LogP contribution in [0, 0.1) is 0 Å². The molecule has 1 aliphatic heterocycles. The molecule has 1 amide bonds. The van der Waals surface area contributed by atoms with E-state index in [9.17, 15) is 4.79 Å². The molecule has 0 atom stereocenters. The van der Waals surface area contributed by atoms with Crippen LogP contribution in [-0.2, 0) is 26.1 Å². The lowest BCUT2D eigenvalue weighted by molar-refractivity contribution is 0.0944. The lowest BCUT2D eigenvalue weighted by Crippen LogP contribution is -2.28. The second-order valence-electron chi connectivity index (χ2n) is 7.24. The summed E-state index contributed by atoms with van der Waals surface area (Å²) in [5, 5.41) is 3.04. The van der Waals surface area contributed by atoms with Gasteiger partial charge < -0.3 is 9.88 Å². The van der Waals surface area contributed by atoms with Crippen molar-refractivity contribution in [1.82, 2.24) is 19.8 Å². The normalized spacial score (nSPS) is 14.3. The first-order chi connectivity index (χ1) is 13.8. The summed E-state index contributed by atoms with van der Waals surface area (Å²) < 4.78 is 2.18. The van der Waals surface area contributed by atoms with Crippen LogP contribution in [0.5, 0.6) is 0 Å². The van der Waals surface area contributed by atoms with Gasteiger partial charge in [0.25, 0.3) is 5.91 Å². The van der Waals surface area contributed by atoms with Crippen molar-refractivity contribution in [3.8, 4) is 0 Å². The molecule has 0 unspecified atom stereocenters. The van der Waals surface area contributed by atoms with E-state index in [0.717, 1.165) is 50.4 Å². The zero-order valence-corrected chi connectivity index (χ0v) is 16.1. The summed E-state index contributed by atoms with van der Waals surface area (Å²) in [7, 11) is 0. The zero-order valence-electron chi connectivity index (χ0n) is 16.1. The van der Waals surface area contributed by atoms with Crippen molar-refractivity contribution >= 4 is 5.91 Å². The third-order valence-corrected chi connectivity index (χ3v) is 5.19. The molecule has 4 rings (SSSR count). The van der Waals surface area contributed by atoms with Crippen LogP contribution in [0.2, 0.25) is 0 Å². The summed E-state index contributed by atoms with van der Waals surface area (Å²) in [5.41, 5.74) is 4.30. The van der Waals surface area contributed by atoms with Gasteiger partial charge in [-0.1, -0.05) is 36.4 Å². The molecule has 5 nitrogen and oxygen atoms in total. The summed E-state index contributed by atoms with van der Waals surface area (Å²) in [6.45, 7) is 4.33. The maximum Gasteiger partial charge on any atom is 0.267 e. The van der Waals surface area contributed by atoms with Crippen molar-refractivity contribution in [3.05, 3.63) is 89.5 Å². The summed E-state index contributed by atoms with van der Waals surface area (Å²) >= 11 is 0. The fourth-order valence-corrected chi connectivity index (χ4v) is 3.79. The van der Waals surface area contributed by atoms with Crippen molar-refractivity contribution in [1.29, 1.82) is 0 Å². The molecule has 0 aliphatic carbocycles. The number of rotatable bonds is 6. The molecule has 0 radical (unpaired) electrons. The Labute approximate surface area is 166 Å². The van der Waals surface area contributed by atoms with Crippen molar-refractivity contribution in [3.63, 3.8) is 0 Å². The highest BCUT2D eigenvalue weighted by molar-refractivity contribution is 5.92. The van der Waals surface area contributed by atoms with Gasteiger partial charge in [-0.15, -0.1) is 0 Å². The molecule has 0 saturated carbocycles. The SMILES string of the molecule is O=C(NCCc1ccccn1)c1ccc2n1CCCN(Cc1ccccc1)C2. The van der Waals surface area contributed by atoms with Crippen molar-refractivity contribution in [2.24, 2.45) is 0 Å². The fraction of sp³-hybridized carbons (Fsp3) is 0.304. The third-order valence-electron chi connectivity index (χ3n) is 5.19. The van der Waals surface area contributed by atoms with E-state index in [4.69, 9.17) is 0 Å². The summed E-state index contributed by atoms with van der Waals surface area (Å²) in [6.07, 6.45) is 3.57. The van der Waals surface area contributed by atoms with Gasteiger partial charge in [-0.05, 0) is 36.2 Å². The Morgan fingerprint density at radius 1 is 1.00 bits per heavy atom. The van der Waals surface area contributed by atoms with Gasteiger partial charge in [0.2, 0.25) is 0 Å². The molecule has 1 N–H and O–H groups in total. The van der Waals surface area contributed by atoms with Crippen LogP contribution in [0.4, 0.5) is 0 Å². The summed E-state index contributed by atoms with van der Waals surface area (Å²) in [6, 6.07) is 20.5. The molecule has 1 aromatic carbocycles. The molecule has 0 saturated heterocycles. The second kappa shape index (κ2) is 8.85. The topological polar surface area (TPSA) is 50.2 Å². The van der Waals surface area contributed by atoms with Gasteiger partial charge in [0.15, 0.2) is 0 Å². The highest BCUT2D eigenvalue weighted by Crippen LogP contribution is 2.19. The number of hydrogen-bond donors (Lipinski definition) is 1. The number of nitrogens with one attached hydrogen (secondary N) is 1. The first-order valence-electron chi connectivity index (χ1n) is 9.92. The maximum absolute atomic E-state index is 12.7. The van der Waals surface area contributed by atoms with Crippen LogP contribution in [-0.4, -0.2) is 33.4 Å². The highest BCUT2D eigenvalue weighted by Gasteiger charge is 2.20. The Balaban J connectivity index is 1.37. The number of carbonyl (C=O) groups is 1. The van der Waals surface area contributed by atoms with Crippen molar-refractivity contribution in [2.75, 3.05) is 13.1 Å². The standard InChI is InChI=1S/C23H26N4O/c28-23(25-14-12-20-9-4-5-13-24-20)22-11-10-21-18-26(15-6-16-27(21)22)17-19-7-2-1-3-8-19/h1-5,7-11,13H,6,12,14-18H2,(H,25,28). The molecule has 28 heavy (non-hydrogen) atoms. The van der Waals surface area contributed by atoms with Gasteiger partial charge in [0.05, 0.1) is 0 Å². The van der Waals surface area contributed by atoms with Crippen molar-refractivity contribution < 1.29 is 4.79 Å². The molecule has 3 heterocycles. The molecule has 1 aliphatic rings. The fourth-order valence-electron chi connectivity index (χ4n) is 3.79. The van der Waals surface area contributed by atoms with Gasteiger partial charge in [0.1, 0.15) is 5.69 Å². The first kappa shape index (κ1) is 18.4. The molecule has 5 heteroatoms. The van der Waals surface area contributed by atoms with Gasteiger partial charge >= 0.3 is 0 Å². The summed E-state index contributed by atoms with van der Waals surface area (Å²) in [5.74, 6) is -0.00121. The Hall–Kier alpha value is -2.92. The molecular formula is C23H26N4O. The van der Waals surface area contributed by atoms with Crippen LogP contribution >= 0.6 is 0 Å². The Morgan fingerprint density at radius 3 is 2.68 bits per heavy atom. The minimum absolute atomic E-state index is 0.00121. The van der Waals surface area contributed by atoms with E-state index in [1.807, 2.05) is 24.3 Å². The minimum Gasteiger partial charge on any atom is -0.350 e. The van der Waals surface area contributed by atoms with Crippen LogP contribution in [0.1, 0.15) is 33.9 Å². The Bertz CT molecular complexity index is 905. The second-order valence-corrected chi connectivity index (χ2v) is 7.24. The molecule has 3 aromatic rings. The van der Waals surface area contributed by atoms with E-state index >= 15 is 0 Å². The quantitative estimate of drug-likeness (QED) is 0.720. The molecule has 0 spiro atoms. The number of nitrogens with zero attached hydrogens (tertiary/aromatic N) is 3. The predicted molar refractivity (Wildman–Crippen MR) is 110 cm³/mol. The van der Waals surface area contributed by atoms with Crippen molar-refractivity contribution in [2.45, 2.75) is 32.5 Å². The van der Waals surface area contributed by atoms with Crippen LogP contribution in [0.15, 0.2) is 66.9 Å². The predicted octanol–water partition coefficient (Wildman–Crippen LogP) is 3.26. The monoisotopic (exact) mass is 374 g/mol. The first-order valence-corrected chi connectivity index (χ1v) is 9.92. The van der Waals surface area contributed by atoms with E-state index in [1.165, 1.54) is 11.3 Å². The lowest BCUT2D eigenvalue weighted by Gasteiger charge is -2.19. The highest BCUT2D eigenvalue weighted by atomic mass is 16.1. The van der Waals surface area contributed by atoms with Crippen LogP contribution < -0.4 is 5.32 Å². The van der Waals surface area contributed by atoms with E-state index < -0.39 is 0 Å². The summed E-state index contributed by atoms with van der Waals surface area (Å²) in [4.78, 5) is 19.4. The maximum atomic E-state index is 12.7. The number of pyridine rings is 1.